The number of rotatable bonds is 6. The first-order chi connectivity index (χ1) is 7.15. The van der Waals surface area contributed by atoms with Crippen molar-refractivity contribution in [3.05, 3.63) is 21.4 Å². The van der Waals surface area contributed by atoms with Gasteiger partial charge in [0.15, 0.2) is 0 Å². The number of hydrogen-bond acceptors (Lipinski definition) is 1. The van der Waals surface area contributed by atoms with Crippen molar-refractivity contribution in [3.63, 3.8) is 0 Å². The molecule has 0 aliphatic carbocycles. The lowest BCUT2D eigenvalue weighted by atomic mass is 10.0. The van der Waals surface area contributed by atoms with Gasteiger partial charge in [-0.3, -0.25) is 0 Å². The van der Waals surface area contributed by atoms with Gasteiger partial charge in [0.05, 0.1) is 0 Å². The van der Waals surface area contributed by atoms with E-state index < -0.39 is 0 Å². The van der Waals surface area contributed by atoms with Crippen molar-refractivity contribution in [1.29, 1.82) is 0 Å². The second kappa shape index (κ2) is 6.32. The molecule has 1 heteroatoms. The highest BCUT2D eigenvalue weighted by Crippen LogP contribution is 2.30. The lowest BCUT2D eigenvalue weighted by Crippen LogP contribution is -1.91. The molecule has 0 N–H and O–H groups in total. The Morgan fingerprint density at radius 2 is 1.93 bits per heavy atom. The third-order valence-electron chi connectivity index (χ3n) is 2.79. The minimum atomic E-state index is 0.699. The Hall–Kier alpha value is -0.300. The van der Waals surface area contributed by atoms with Crippen LogP contribution in [0.2, 0.25) is 0 Å². The fourth-order valence-electron chi connectivity index (χ4n) is 2.01. The summed E-state index contributed by atoms with van der Waals surface area (Å²) < 4.78 is 0. The van der Waals surface area contributed by atoms with Gasteiger partial charge in [0, 0.05) is 9.75 Å². The Labute approximate surface area is 98.7 Å². The number of unbranched alkanes of at least 4 members (excludes halogenated alkanes) is 3. The van der Waals surface area contributed by atoms with Gasteiger partial charge < -0.3 is 0 Å². The van der Waals surface area contributed by atoms with Gasteiger partial charge in [0.25, 0.3) is 0 Å². The Morgan fingerprint density at radius 1 is 1.20 bits per heavy atom. The van der Waals surface area contributed by atoms with Crippen LogP contribution in [0.3, 0.4) is 0 Å². The van der Waals surface area contributed by atoms with Crippen LogP contribution in [0.1, 0.15) is 67.7 Å². The van der Waals surface area contributed by atoms with E-state index in [0.717, 1.165) is 0 Å². The third kappa shape index (κ3) is 3.98. The zero-order chi connectivity index (χ0) is 11.3. The molecule has 1 aromatic heterocycles. The molecule has 86 valence electrons. The van der Waals surface area contributed by atoms with Crippen LogP contribution in [0, 0.1) is 6.92 Å². The van der Waals surface area contributed by atoms with Crippen LogP contribution in [0.25, 0.3) is 0 Å². The number of thiophene rings is 1. The second-order valence-corrected chi connectivity index (χ2v) is 6.00. The lowest BCUT2D eigenvalue weighted by Gasteiger charge is -2.06. The van der Waals surface area contributed by atoms with E-state index in [2.05, 4.69) is 33.8 Å². The van der Waals surface area contributed by atoms with Crippen LogP contribution in [0.5, 0.6) is 0 Å². The molecule has 0 aliphatic heterocycles. The molecule has 0 saturated heterocycles. The zero-order valence-corrected chi connectivity index (χ0v) is 11.4. The Kier molecular flexibility index (Phi) is 5.38. The molecular weight excluding hydrogens is 200 g/mol. The van der Waals surface area contributed by atoms with Gasteiger partial charge in [-0.1, -0.05) is 40.0 Å². The minimum absolute atomic E-state index is 0.699. The van der Waals surface area contributed by atoms with Gasteiger partial charge >= 0.3 is 0 Å². The van der Waals surface area contributed by atoms with Gasteiger partial charge in [-0.25, -0.2) is 0 Å². The molecule has 1 heterocycles. The first-order valence-electron chi connectivity index (χ1n) is 6.24. The van der Waals surface area contributed by atoms with E-state index in [-0.39, 0.29) is 0 Å². The predicted molar refractivity (Wildman–Crippen MR) is 71.0 cm³/mol. The highest BCUT2D eigenvalue weighted by Gasteiger charge is 2.09. The molecule has 1 rings (SSSR count). The summed E-state index contributed by atoms with van der Waals surface area (Å²) in [5, 5.41) is 0. The van der Waals surface area contributed by atoms with Crippen LogP contribution in [-0.2, 0) is 6.42 Å². The topological polar surface area (TPSA) is 0 Å². The third-order valence-corrected chi connectivity index (χ3v) is 4.18. The summed E-state index contributed by atoms with van der Waals surface area (Å²) in [7, 11) is 0. The summed E-state index contributed by atoms with van der Waals surface area (Å²) in [5.74, 6) is 0.699. The molecule has 0 unspecified atom stereocenters. The Balaban J connectivity index is 2.52. The number of aryl methyl sites for hydroxylation is 2. The summed E-state index contributed by atoms with van der Waals surface area (Å²) in [6.45, 7) is 9.11. The van der Waals surface area contributed by atoms with Crippen LogP contribution in [-0.4, -0.2) is 0 Å². The average Bonchev–Trinajstić information content (AvgIpc) is 2.55. The van der Waals surface area contributed by atoms with Crippen LogP contribution in [0.15, 0.2) is 6.07 Å². The van der Waals surface area contributed by atoms with E-state index >= 15 is 0 Å². The van der Waals surface area contributed by atoms with Gasteiger partial charge in [-0.2, -0.15) is 0 Å². The molecule has 0 aliphatic rings. The molecule has 1 aromatic rings. The van der Waals surface area contributed by atoms with Crippen molar-refractivity contribution in [2.75, 3.05) is 0 Å². The van der Waals surface area contributed by atoms with Gasteiger partial charge in [-0.15, -0.1) is 11.3 Å². The molecule has 0 atom stereocenters. The van der Waals surface area contributed by atoms with Crippen molar-refractivity contribution in [2.45, 2.75) is 65.7 Å². The van der Waals surface area contributed by atoms with Gasteiger partial charge in [0.2, 0.25) is 0 Å². The van der Waals surface area contributed by atoms with Gasteiger partial charge in [0.1, 0.15) is 0 Å². The average molecular weight is 224 g/mol. The van der Waals surface area contributed by atoms with E-state index in [1.807, 2.05) is 11.3 Å². The Morgan fingerprint density at radius 3 is 2.53 bits per heavy atom. The molecule has 0 amide bonds. The lowest BCUT2D eigenvalue weighted by molar-refractivity contribution is 0.664. The largest absolute Gasteiger partial charge is 0.145 e. The summed E-state index contributed by atoms with van der Waals surface area (Å²) in [4.78, 5) is 3.09. The highest BCUT2D eigenvalue weighted by molar-refractivity contribution is 7.12. The smallest absolute Gasteiger partial charge is 0.0105 e. The maximum absolute atomic E-state index is 2.39. The van der Waals surface area contributed by atoms with E-state index in [0.29, 0.717) is 5.92 Å². The van der Waals surface area contributed by atoms with Crippen molar-refractivity contribution in [3.8, 4) is 0 Å². The molecule has 0 aromatic carbocycles. The molecule has 0 fully saturated rings. The molecule has 0 spiro atoms. The quantitative estimate of drug-likeness (QED) is 0.575. The van der Waals surface area contributed by atoms with E-state index in [1.165, 1.54) is 37.0 Å². The monoisotopic (exact) mass is 224 g/mol. The minimum Gasteiger partial charge on any atom is -0.145 e. The number of hydrogen-bond donors (Lipinski definition) is 0. The Bertz CT molecular complexity index is 284. The van der Waals surface area contributed by atoms with Crippen molar-refractivity contribution in [1.82, 2.24) is 0 Å². The molecule has 0 radical (unpaired) electrons. The summed E-state index contributed by atoms with van der Waals surface area (Å²) in [6.07, 6.45) is 6.77. The highest BCUT2D eigenvalue weighted by atomic mass is 32.1. The molecule has 0 nitrogen and oxygen atoms in total. The van der Waals surface area contributed by atoms with Crippen molar-refractivity contribution < 1.29 is 0 Å². The molecule has 15 heavy (non-hydrogen) atoms. The normalized spacial score (nSPS) is 11.3. The SMILES string of the molecule is CCCCCCc1cc(C)sc1C(C)C. The first kappa shape index (κ1) is 12.8. The summed E-state index contributed by atoms with van der Waals surface area (Å²) in [5.41, 5.74) is 1.61. The predicted octanol–water partition coefficient (Wildman–Crippen LogP) is 5.30. The maximum atomic E-state index is 2.39. The molecule has 0 bridgehead atoms. The molecule has 0 saturated carbocycles. The standard InChI is InChI=1S/C14H24S/c1-5-6-7-8-9-13-10-12(4)15-14(13)11(2)3/h10-11H,5-9H2,1-4H3. The maximum Gasteiger partial charge on any atom is 0.0105 e. The molecular formula is C14H24S. The fraction of sp³-hybridized carbons (Fsp3) is 0.714. The van der Waals surface area contributed by atoms with Crippen LogP contribution in [0.4, 0.5) is 0 Å². The fourth-order valence-corrected chi connectivity index (χ4v) is 3.09. The van der Waals surface area contributed by atoms with Crippen molar-refractivity contribution >= 4 is 11.3 Å². The van der Waals surface area contributed by atoms with Crippen LogP contribution < -0.4 is 0 Å². The zero-order valence-electron chi connectivity index (χ0n) is 10.6. The summed E-state index contributed by atoms with van der Waals surface area (Å²) in [6, 6.07) is 2.39. The first-order valence-corrected chi connectivity index (χ1v) is 7.06. The van der Waals surface area contributed by atoms with E-state index in [9.17, 15) is 0 Å². The second-order valence-electron chi connectivity index (χ2n) is 4.71. The summed E-state index contributed by atoms with van der Waals surface area (Å²) >= 11 is 1.99. The van der Waals surface area contributed by atoms with Crippen LogP contribution >= 0.6 is 11.3 Å². The van der Waals surface area contributed by atoms with Crippen molar-refractivity contribution in [2.24, 2.45) is 0 Å². The van der Waals surface area contributed by atoms with E-state index in [4.69, 9.17) is 0 Å². The van der Waals surface area contributed by atoms with Gasteiger partial charge in [-0.05, 0) is 37.3 Å². The van der Waals surface area contributed by atoms with E-state index in [1.54, 1.807) is 10.4 Å².